The van der Waals surface area contributed by atoms with Crippen LogP contribution in [-0.2, 0) is 4.79 Å². The molecule has 0 saturated carbocycles. The number of hydrogen-bond acceptors (Lipinski definition) is 3. The number of hydrogen-bond donors (Lipinski definition) is 2. The van der Waals surface area contributed by atoms with Crippen molar-refractivity contribution >= 4 is 29.1 Å². The fraction of sp³-hybridized carbons (Fsp3) is 0.417. The summed E-state index contributed by atoms with van der Waals surface area (Å²) in [5, 5.41) is 12.2. The fourth-order valence-corrected chi connectivity index (χ4v) is 1.59. The number of ether oxygens (including phenoxy) is 1. The van der Waals surface area contributed by atoms with E-state index in [0.29, 0.717) is 22.2 Å². The molecule has 4 nitrogen and oxygen atoms in total. The molecule has 0 spiro atoms. The largest absolute Gasteiger partial charge is 0.484 e. The van der Waals surface area contributed by atoms with Crippen LogP contribution in [0.5, 0.6) is 5.75 Å². The molecule has 0 aliphatic heterocycles. The topological polar surface area (TPSA) is 58.6 Å². The van der Waals surface area contributed by atoms with Crippen LogP contribution in [0.15, 0.2) is 18.2 Å². The zero-order valence-electron chi connectivity index (χ0n) is 9.95. The van der Waals surface area contributed by atoms with Gasteiger partial charge >= 0.3 is 0 Å². The number of amides is 1. The minimum atomic E-state index is -0.248. The number of benzene rings is 1. The van der Waals surface area contributed by atoms with Crippen LogP contribution in [-0.4, -0.2) is 30.3 Å². The molecule has 1 atom stereocenters. The van der Waals surface area contributed by atoms with Crippen LogP contribution in [0, 0.1) is 0 Å². The molecular formula is C12H15Cl2NO3. The maximum absolute atomic E-state index is 11.5. The van der Waals surface area contributed by atoms with Crippen molar-refractivity contribution in [2.75, 3.05) is 13.2 Å². The monoisotopic (exact) mass is 291 g/mol. The average Bonchev–Trinajstić information content (AvgIpc) is 2.31. The minimum absolute atomic E-state index is 0.0368. The second-order valence-electron chi connectivity index (χ2n) is 3.85. The normalized spacial score (nSPS) is 12.0. The molecule has 1 rings (SSSR count). The van der Waals surface area contributed by atoms with Gasteiger partial charge in [-0.3, -0.25) is 4.79 Å². The Kier molecular flexibility index (Phi) is 6.25. The molecule has 6 heteroatoms. The lowest BCUT2D eigenvalue weighted by molar-refractivity contribution is -0.123. The van der Waals surface area contributed by atoms with Crippen molar-refractivity contribution in [3.05, 3.63) is 28.2 Å². The van der Waals surface area contributed by atoms with Crippen LogP contribution in [0.2, 0.25) is 10.0 Å². The Morgan fingerprint density at radius 1 is 1.44 bits per heavy atom. The van der Waals surface area contributed by atoms with Crippen LogP contribution >= 0.6 is 23.2 Å². The van der Waals surface area contributed by atoms with Gasteiger partial charge in [0.05, 0.1) is 10.0 Å². The Morgan fingerprint density at radius 3 is 2.78 bits per heavy atom. The fourth-order valence-electron chi connectivity index (χ4n) is 1.30. The Balaban J connectivity index is 2.40. The van der Waals surface area contributed by atoms with Crippen molar-refractivity contribution in [3.8, 4) is 5.75 Å². The van der Waals surface area contributed by atoms with Crippen molar-refractivity contribution in [3.63, 3.8) is 0 Å². The van der Waals surface area contributed by atoms with Gasteiger partial charge in [-0.1, -0.05) is 23.2 Å². The van der Waals surface area contributed by atoms with Crippen LogP contribution in [0.25, 0.3) is 0 Å². The number of aliphatic hydroxyl groups excluding tert-OH is 1. The van der Waals surface area contributed by atoms with Gasteiger partial charge in [0.25, 0.3) is 5.91 Å². The van der Waals surface area contributed by atoms with Crippen LogP contribution in [0.4, 0.5) is 0 Å². The Morgan fingerprint density at radius 2 is 2.17 bits per heavy atom. The van der Waals surface area contributed by atoms with E-state index < -0.39 is 0 Å². The predicted molar refractivity (Wildman–Crippen MR) is 71.3 cm³/mol. The smallest absolute Gasteiger partial charge is 0.258 e. The lowest BCUT2D eigenvalue weighted by atomic mass is 10.2. The van der Waals surface area contributed by atoms with Gasteiger partial charge in [-0.15, -0.1) is 0 Å². The molecule has 0 aliphatic carbocycles. The van der Waals surface area contributed by atoms with Crippen molar-refractivity contribution in [1.29, 1.82) is 0 Å². The quantitative estimate of drug-likeness (QED) is 0.845. The van der Waals surface area contributed by atoms with Crippen molar-refractivity contribution in [1.82, 2.24) is 5.32 Å². The van der Waals surface area contributed by atoms with E-state index in [4.69, 9.17) is 33.0 Å². The van der Waals surface area contributed by atoms with E-state index in [9.17, 15) is 4.79 Å². The highest BCUT2D eigenvalue weighted by molar-refractivity contribution is 6.42. The maximum Gasteiger partial charge on any atom is 0.258 e. The highest BCUT2D eigenvalue weighted by atomic mass is 35.5. The van der Waals surface area contributed by atoms with Crippen LogP contribution in [0.1, 0.15) is 13.3 Å². The SMILES string of the molecule is C[C@H](CCO)NC(=O)COc1ccc(Cl)c(Cl)c1. The zero-order chi connectivity index (χ0) is 13.5. The third-order valence-corrected chi connectivity index (χ3v) is 2.97. The second-order valence-corrected chi connectivity index (χ2v) is 4.66. The Bertz CT molecular complexity index is 412. The van der Waals surface area contributed by atoms with Gasteiger partial charge in [-0.25, -0.2) is 0 Å². The summed E-state index contributed by atoms with van der Waals surface area (Å²) < 4.78 is 5.27. The minimum Gasteiger partial charge on any atom is -0.484 e. The molecule has 0 saturated heterocycles. The number of aliphatic hydroxyl groups is 1. The summed E-state index contributed by atoms with van der Waals surface area (Å²) in [4.78, 5) is 11.5. The van der Waals surface area contributed by atoms with Gasteiger partial charge in [0.15, 0.2) is 6.61 Å². The van der Waals surface area contributed by atoms with Gasteiger partial charge in [0, 0.05) is 18.7 Å². The van der Waals surface area contributed by atoms with E-state index in [1.165, 1.54) is 0 Å². The molecular weight excluding hydrogens is 277 g/mol. The van der Waals surface area contributed by atoms with E-state index in [2.05, 4.69) is 5.32 Å². The molecule has 0 aromatic heterocycles. The highest BCUT2D eigenvalue weighted by Crippen LogP contribution is 2.26. The third kappa shape index (κ3) is 5.12. The average molecular weight is 292 g/mol. The molecule has 0 heterocycles. The molecule has 1 aromatic carbocycles. The molecule has 1 aromatic rings. The van der Waals surface area contributed by atoms with E-state index >= 15 is 0 Å². The first-order valence-electron chi connectivity index (χ1n) is 5.51. The van der Waals surface area contributed by atoms with Crippen LogP contribution in [0.3, 0.4) is 0 Å². The molecule has 0 unspecified atom stereocenters. The van der Waals surface area contributed by atoms with E-state index in [1.807, 2.05) is 6.92 Å². The van der Waals surface area contributed by atoms with Crippen molar-refractivity contribution in [2.45, 2.75) is 19.4 Å². The van der Waals surface area contributed by atoms with E-state index in [1.54, 1.807) is 18.2 Å². The van der Waals surface area contributed by atoms with Crippen molar-refractivity contribution in [2.24, 2.45) is 0 Å². The highest BCUT2D eigenvalue weighted by Gasteiger charge is 2.08. The zero-order valence-corrected chi connectivity index (χ0v) is 11.5. The molecule has 18 heavy (non-hydrogen) atoms. The third-order valence-electron chi connectivity index (χ3n) is 2.23. The summed E-state index contributed by atoms with van der Waals surface area (Å²) in [7, 11) is 0. The number of rotatable bonds is 6. The first kappa shape index (κ1) is 15.1. The summed E-state index contributed by atoms with van der Waals surface area (Å²) >= 11 is 11.6. The second kappa shape index (κ2) is 7.46. The lowest BCUT2D eigenvalue weighted by Gasteiger charge is -2.13. The summed E-state index contributed by atoms with van der Waals surface area (Å²) in [5.74, 6) is 0.233. The van der Waals surface area contributed by atoms with Gasteiger partial charge in [0.1, 0.15) is 5.75 Å². The van der Waals surface area contributed by atoms with E-state index in [-0.39, 0.29) is 25.2 Å². The van der Waals surface area contributed by atoms with Gasteiger partial charge in [-0.2, -0.15) is 0 Å². The Labute approximate surface area is 116 Å². The summed E-state index contributed by atoms with van der Waals surface area (Å²) in [6, 6.07) is 4.71. The number of carbonyl (C=O) groups is 1. The first-order valence-corrected chi connectivity index (χ1v) is 6.26. The summed E-state index contributed by atoms with van der Waals surface area (Å²) in [6.07, 6.45) is 0.512. The standard InChI is InChI=1S/C12H15Cl2NO3/c1-8(4-5-16)15-12(17)7-18-9-2-3-10(13)11(14)6-9/h2-3,6,8,16H,4-5,7H2,1H3,(H,15,17)/t8-/m1/s1. The molecule has 100 valence electrons. The maximum atomic E-state index is 11.5. The van der Waals surface area contributed by atoms with Crippen LogP contribution < -0.4 is 10.1 Å². The number of nitrogens with one attached hydrogen (secondary N) is 1. The van der Waals surface area contributed by atoms with Gasteiger partial charge in [0.2, 0.25) is 0 Å². The molecule has 1 amide bonds. The first-order chi connectivity index (χ1) is 8.52. The summed E-state index contributed by atoms with van der Waals surface area (Å²) in [5.41, 5.74) is 0. The predicted octanol–water partition coefficient (Wildman–Crippen LogP) is 2.26. The molecule has 0 aliphatic rings. The van der Waals surface area contributed by atoms with Gasteiger partial charge in [-0.05, 0) is 25.5 Å². The summed E-state index contributed by atoms with van der Waals surface area (Å²) in [6.45, 7) is 1.75. The lowest BCUT2D eigenvalue weighted by Crippen LogP contribution is -2.36. The van der Waals surface area contributed by atoms with Crippen molar-refractivity contribution < 1.29 is 14.6 Å². The molecule has 0 fully saturated rings. The number of carbonyl (C=O) groups excluding carboxylic acids is 1. The molecule has 0 bridgehead atoms. The Hall–Kier alpha value is -0.970. The molecule has 0 radical (unpaired) electrons. The van der Waals surface area contributed by atoms with E-state index in [0.717, 1.165) is 0 Å². The number of halogens is 2. The van der Waals surface area contributed by atoms with Gasteiger partial charge < -0.3 is 15.2 Å². The molecule has 2 N–H and O–H groups in total.